The highest BCUT2D eigenvalue weighted by Gasteiger charge is 1.98. The Hall–Kier alpha value is -1.76. The maximum Gasteiger partial charge on any atom is 0.124 e. The summed E-state index contributed by atoms with van der Waals surface area (Å²) in [7, 11) is 0. The van der Waals surface area contributed by atoms with Crippen LogP contribution in [-0.4, -0.2) is 6.54 Å². The van der Waals surface area contributed by atoms with Crippen molar-refractivity contribution >= 4 is 11.8 Å². The zero-order valence-electron chi connectivity index (χ0n) is 10.4. The van der Waals surface area contributed by atoms with Crippen molar-refractivity contribution in [3.8, 4) is 11.8 Å². The van der Waals surface area contributed by atoms with Gasteiger partial charge in [0, 0.05) is 16.2 Å². The maximum atomic E-state index is 13.0. The van der Waals surface area contributed by atoms with Crippen LogP contribution in [0.25, 0.3) is 0 Å². The molecule has 0 radical (unpaired) electrons. The van der Waals surface area contributed by atoms with Gasteiger partial charge in [-0.3, -0.25) is 0 Å². The lowest BCUT2D eigenvalue weighted by Gasteiger charge is -2.02. The molecule has 0 saturated carbocycles. The Balaban J connectivity index is 1.96. The second-order valence-corrected chi connectivity index (χ2v) is 5.00. The molecule has 0 aliphatic rings. The summed E-state index contributed by atoms with van der Waals surface area (Å²) in [5.74, 6) is 6.42. The van der Waals surface area contributed by atoms with Crippen molar-refractivity contribution in [1.29, 1.82) is 0 Å². The van der Waals surface area contributed by atoms with Gasteiger partial charge in [0.25, 0.3) is 0 Å². The molecule has 2 N–H and O–H groups in total. The maximum absolute atomic E-state index is 13.0. The monoisotopic (exact) mass is 271 g/mol. The van der Waals surface area contributed by atoms with E-state index in [0.29, 0.717) is 6.54 Å². The summed E-state index contributed by atoms with van der Waals surface area (Å²) in [5.41, 5.74) is 7.47. The largest absolute Gasteiger partial charge is 0.320 e. The summed E-state index contributed by atoms with van der Waals surface area (Å²) in [4.78, 5) is 0.937. The zero-order chi connectivity index (χ0) is 13.5. The summed E-state index contributed by atoms with van der Waals surface area (Å²) in [6.07, 6.45) is 0. The van der Waals surface area contributed by atoms with E-state index in [4.69, 9.17) is 5.73 Å². The standard InChI is InChI=1S/C16H14FNS/c17-15-4-1-5-16(11-15)19-12-14-8-6-13(7-9-14)3-2-10-18/h1,4-9,11H,10,12,18H2. The first-order valence-electron chi connectivity index (χ1n) is 5.94. The zero-order valence-corrected chi connectivity index (χ0v) is 11.2. The first kappa shape index (κ1) is 13.7. The fraction of sp³-hybridized carbons (Fsp3) is 0.125. The number of thioether (sulfide) groups is 1. The Morgan fingerprint density at radius 1 is 1.11 bits per heavy atom. The van der Waals surface area contributed by atoms with Crippen LogP contribution in [0.2, 0.25) is 0 Å². The first-order valence-corrected chi connectivity index (χ1v) is 6.93. The van der Waals surface area contributed by atoms with Crippen LogP contribution in [0.5, 0.6) is 0 Å². The minimum absolute atomic E-state index is 0.197. The third-order valence-electron chi connectivity index (χ3n) is 2.49. The molecule has 2 rings (SSSR count). The van der Waals surface area contributed by atoms with Crippen LogP contribution < -0.4 is 5.73 Å². The van der Waals surface area contributed by atoms with E-state index in [1.807, 2.05) is 30.3 Å². The average Bonchev–Trinajstić information content (AvgIpc) is 2.44. The quantitative estimate of drug-likeness (QED) is 0.683. The molecule has 3 heteroatoms. The van der Waals surface area contributed by atoms with E-state index in [9.17, 15) is 4.39 Å². The van der Waals surface area contributed by atoms with E-state index >= 15 is 0 Å². The Morgan fingerprint density at radius 3 is 2.58 bits per heavy atom. The van der Waals surface area contributed by atoms with Gasteiger partial charge in [-0.25, -0.2) is 4.39 Å². The number of halogens is 1. The summed E-state index contributed by atoms with van der Waals surface area (Å²) < 4.78 is 13.0. The van der Waals surface area contributed by atoms with E-state index in [1.165, 1.54) is 11.6 Å². The van der Waals surface area contributed by atoms with Gasteiger partial charge in [-0.1, -0.05) is 30.0 Å². The SMILES string of the molecule is NCC#Cc1ccc(CSc2cccc(F)c2)cc1. The predicted octanol–water partition coefficient (Wildman–Crippen LogP) is 3.43. The van der Waals surface area contributed by atoms with Crippen LogP contribution >= 0.6 is 11.8 Å². The van der Waals surface area contributed by atoms with Gasteiger partial charge in [-0.05, 0) is 35.9 Å². The molecule has 0 unspecified atom stereocenters. The Kier molecular flexibility index (Phi) is 5.02. The second-order valence-electron chi connectivity index (χ2n) is 3.95. The van der Waals surface area contributed by atoms with Crippen molar-refractivity contribution in [2.24, 2.45) is 5.73 Å². The van der Waals surface area contributed by atoms with E-state index in [1.54, 1.807) is 23.9 Å². The van der Waals surface area contributed by atoms with Crippen molar-refractivity contribution < 1.29 is 4.39 Å². The summed E-state index contributed by atoms with van der Waals surface area (Å²) >= 11 is 1.62. The molecule has 0 bridgehead atoms. The van der Waals surface area contributed by atoms with E-state index in [-0.39, 0.29) is 5.82 Å². The topological polar surface area (TPSA) is 26.0 Å². The van der Waals surface area contributed by atoms with Crippen molar-refractivity contribution in [3.63, 3.8) is 0 Å². The van der Waals surface area contributed by atoms with E-state index in [0.717, 1.165) is 16.2 Å². The highest BCUT2D eigenvalue weighted by molar-refractivity contribution is 7.98. The molecule has 0 amide bonds. The Morgan fingerprint density at radius 2 is 1.89 bits per heavy atom. The molecule has 0 fully saturated rings. The van der Waals surface area contributed by atoms with Gasteiger partial charge in [0.2, 0.25) is 0 Å². The van der Waals surface area contributed by atoms with Crippen LogP contribution in [0.15, 0.2) is 53.4 Å². The summed E-state index contributed by atoms with van der Waals surface area (Å²) in [5, 5.41) is 0. The van der Waals surface area contributed by atoms with Crippen molar-refractivity contribution in [1.82, 2.24) is 0 Å². The van der Waals surface area contributed by atoms with Gasteiger partial charge in [-0.2, -0.15) is 0 Å². The van der Waals surface area contributed by atoms with Crippen LogP contribution in [0.1, 0.15) is 11.1 Å². The smallest absolute Gasteiger partial charge is 0.124 e. The Bertz CT molecular complexity index is 596. The van der Waals surface area contributed by atoms with Crippen molar-refractivity contribution in [3.05, 3.63) is 65.5 Å². The van der Waals surface area contributed by atoms with Crippen LogP contribution in [-0.2, 0) is 5.75 Å². The molecular formula is C16H14FNS. The highest BCUT2D eigenvalue weighted by Crippen LogP contribution is 2.23. The molecule has 0 spiro atoms. The molecule has 19 heavy (non-hydrogen) atoms. The fourth-order valence-corrected chi connectivity index (χ4v) is 2.46. The third kappa shape index (κ3) is 4.44. The summed E-state index contributed by atoms with van der Waals surface area (Å²) in [6.45, 7) is 0.372. The van der Waals surface area contributed by atoms with Gasteiger partial charge in [-0.15, -0.1) is 11.8 Å². The molecule has 0 saturated heterocycles. The molecule has 0 atom stereocenters. The highest BCUT2D eigenvalue weighted by atomic mass is 32.2. The molecule has 0 heterocycles. The number of hydrogen-bond acceptors (Lipinski definition) is 2. The minimum atomic E-state index is -0.197. The number of hydrogen-bond donors (Lipinski definition) is 1. The number of nitrogens with two attached hydrogens (primary N) is 1. The minimum Gasteiger partial charge on any atom is -0.320 e. The molecule has 2 aromatic carbocycles. The van der Waals surface area contributed by atoms with Crippen LogP contribution in [0.3, 0.4) is 0 Å². The fourth-order valence-electron chi connectivity index (χ4n) is 1.56. The van der Waals surface area contributed by atoms with Gasteiger partial charge < -0.3 is 5.73 Å². The van der Waals surface area contributed by atoms with Gasteiger partial charge in [0.05, 0.1) is 6.54 Å². The van der Waals surface area contributed by atoms with Gasteiger partial charge >= 0.3 is 0 Å². The Labute approximate surface area is 117 Å². The van der Waals surface area contributed by atoms with Gasteiger partial charge in [0.15, 0.2) is 0 Å². The molecule has 96 valence electrons. The van der Waals surface area contributed by atoms with Crippen LogP contribution in [0, 0.1) is 17.7 Å². The normalized spacial score (nSPS) is 9.79. The molecule has 0 aromatic heterocycles. The lowest BCUT2D eigenvalue weighted by atomic mass is 10.1. The molecular weight excluding hydrogens is 257 g/mol. The third-order valence-corrected chi connectivity index (χ3v) is 3.56. The first-order chi connectivity index (χ1) is 9.28. The average molecular weight is 271 g/mol. The van der Waals surface area contributed by atoms with Crippen molar-refractivity contribution in [2.75, 3.05) is 6.54 Å². The van der Waals surface area contributed by atoms with E-state index < -0.39 is 0 Å². The lowest BCUT2D eigenvalue weighted by molar-refractivity contribution is 0.624. The lowest BCUT2D eigenvalue weighted by Crippen LogP contribution is -1.93. The van der Waals surface area contributed by atoms with Crippen molar-refractivity contribution in [2.45, 2.75) is 10.6 Å². The van der Waals surface area contributed by atoms with Crippen LogP contribution in [0.4, 0.5) is 4.39 Å². The summed E-state index contributed by atoms with van der Waals surface area (Å²) in [6, 6.07) is 14.7. The second kappa shape index (κ2) is 6.98. The number of benzene rings is 2. The molecule has 0 aliphatic heterocycles. The predicted molar refractivity (Wildman–Crippen MR) is 78.3 cm³/mol. The molecule has 0 aliphatic carbocycles. The van der Waals surface area contributed by atoms with E-state index in [2.05, 4.69) is 11.8 Å². The molecule has 1 nitrogen and oxygen atoms in total. The number of rotatable bonds is 3. The molecule has 2 aromatic rings. The van der Waals surface area contributed by atoms with Gasteiger partial charge in [0.1, 0.15) is 5.82 Å².